The van der Waals surface area contributed by atoms with Gasteiger partial charge in [-0.3, -0.25) is 14.2 Å². The predicted molar refractivity (Wildman–Crippen MR) is 126 cm³/mol. The van der Waals surface area contributed by atoms with Gasteiger partial charge in [0.1, 0.15) is 5.82 Å². The minimum atomic E-state index is -0.0843. The highest BCUT2D eigenvalue weighted by atomic mass is 16.5. The SMILES string of the molecule is CCOCc1ccc(C(=O)N2CCC(c3nc4cnccn4c3NC(C)(C)C)CC2)cc1. The summed E-state index contributed by atoms with van der Waals surface area (Å²) in [5.74, 6) is 1.43. The lowest BCUT2D eigenvalue weighted by atomic mass is 9.92. The van der Waals surface area contributed by atoms with E-state index >= 15 is 0 Å². The first kappa shape index (κ1) is 22.3. The molecular formula is C25H33N5O2. The number of carbonyl (C=O) groups is 1. The van der Waals surface area contributed by atoms with Crippen LogP contribution in [0, 0.1) is 0 Å². The van der Waals surface area contributed by atoms with Crippen LogP contribution in [0.5, 0.6) is 0 Å². The van der Waals surface area contributed by atoms with Crippen LogP contribution in [-0.2, 0) is 11.3 Å². The molecule has 7 nitrogen and oxygen atoms in total. The zero-order chi connectivity index (χ0) is 22.7. The van der Waals surface area contributed by atoms with Gasteiger partial charge in [0.15, 0.2) is 5.65 Å². The number of imidazole rings is 1. The average Bonchev–Trinajstić information content (AvgIpc) is 3.14. The number of nitrogens with one attached hydrogen (secondary N) is 1. The van der Waals surface area contributed by atoms with Crippen LogP contribution < -0.4 is 5.32 Å². The van der Waals surface area contributed by atoms with Gasteiger partial charge in [-0.1, -0.05) is 12.1 Å². The Morgan fingerprint density at radius 2 is 1.91 bits per heavy atom. The van der Waals surface area contributed by atoms with Gasteiger partial charge in [0.25, 0.3) is 5.91 Å². The Morgan fingerprint density at radius 1 is 1.19 bits per heavy atom. The Morgan fingerprint density at radius 3 is 2.56 bits per heavy atom. The summed E-state index contributed by atoms with van der Waals surface area (Å²) in [5, 5.41) is 3.63. The van der Waals surface area contributed by atoms with Gasteiger partial charge in [-0.25, -0.2) is 4.98 Å². The molecule has 4 rings (SSSR count). The lowest BCUT2D eigenvalue weighted by Crippen LogP contribution is -2.38. The Hall–Kier alpha value is -2.93. The number of anilines is 1. The van der Waals surface area contributed by atoms with Crippen LogP contribution in [0.4, 0.5) is 5.82 Å². The molecule has 0 radical (unpaired) electrons. The van der Waals surface area contributed by atoms with E-state index in [1.165, 1.54) is 0 Å². The van der Waals surface area contributed by atoms with Crippen molar-refractivity contribution >= 4 is 17.4 Å². The van der Waals surface area contributed by atoms with Crippen molar-refractivity contribution < 1.29 is 9.53 Å². The van der Waals surface area contributed by atoms with Crippen molar-refractivity contribution in [2.45, 2.75) is 58.6 Å². The van der Waals surface area contributed by atoms with Crippen molar-refractivity contribution in [1.29, 1.82) is 0 Å². The van der Waals surface area contributed by atoms with Crippen LogP contribution in [0.3, 0.4) is 0 Å². The topological polar surface area (TPSA) is 71.8 Å². The Labute approximate surface area is 189 Å². The Kier molecular flexibility index (Phi) is 6.46. The maximum atomic E-state index is 13.0. The van der Waals surface area contributed by atoms with Crippen molar-refractivity contribution in [3.05, 3.63) is 59.7 Å². The largest absolute Gasteiger partial charge is 0.377 e. The summed E-state index contributed by atoms with van der Waals surface area (Å²) >= 11 is 0. The molecule has 1 aliphatic rings. The molecule has 1 amide bonds. The van der Waals surface area contributed by atoms with Crippen LogP contribution in [0.2, 0.25) is 0 Å². The highest BCUT2D eigenvalue weighted by Gasteiger charge is 2.29. The molecule has 0 atom stereocenters. The molecule has 3 heterocycles. The molecule has 1 N–H and O–H groups in total. The lowest BCUT2D eigenvalue weighted by molar-refractivity contribution is 0.0712. The normalized spacial score (nSPS) is 15.3. The van der Waals surface area contributed by atoms with E-state index < -0.39 is 0 Å². The zero-order valence-corrected chi connectivity index (χ0v) is 19.5. The van der Waals surface area contributed by atoms with Crippen molar-refractivity contribution in [2.75, 3.05) is 25.0 Å². The fourth-order valence-corrected chi connectivity index (χ4v) is 4.19. The van der Waals surface area contributed by atoms with Gasteiger partial charge in [-0.15, -0.1) is 0 Å². The van der Waals surface area contributed by atoms with E-state index in [2.05, 4.69) is 35.5 Å². The van der Waals surface area contributed by atoms with Gasteiger partial charge < -0.3 is 15.0 Å². The van der Waals surface area contributed by atoms with E-state index in [0.717, 1.165) is 54.2 Å². The Balaban J connectivity index is 1.46. The Bertz CT molecular complexity index is 1060. The van der Waals surface area contributed by atoms with Crippen molar-refractivity contribution in [1.82, 2.24) is 19.3 Å². The number of piperidine rings is 1. The van der Waals surface area contributed by atoms with E-state index in [9.17, 15) is 4.79 Å². The second-order valence-electron chi connectivity index (χ2n) is 9.43. The van der Waals surface area contributed by atoms with Crippen LogP contribution in [0.1, 0.15) is 68.1 Å². The summed E-state index contributed by atoms with van der Waals surface area (Å²) in [7, 11) is 0. The number of hydrogen-bond donors (Lipinski definition) is 1. The second-order valence-corrected chi connectivity index (χ2v) is 9.43. The summed E-state index contributed by atoms with van der Waals surface area (Å²) in [4.78, 5) is 24.1. The summed E-state index contributed by atoms with van der Waals surface area (Å²) < 4.78 is 7.52. The van der Waals surface area contributed by atoms with Crippen LogP contribution in [0.25, 0.3) is 5.65 Å². The number of amides is 1. The molecule has 0 unspecified atom stereocenters. The molecule has 0 saturated carbocycles. The number of nitrogens with zero attached hydrogens (tertiary/aromatic N) is 4. The summed E-state index contributed by atoms with van der Waals surface area (Å²) in [5.41, 5.74) is 3.65. The fraction of sp³-hybridized carbons (Fsp3) is 0.480. The zero-order valence-electron chi connectivity index (χ0n) is 19.5. The molecule has 1 fully saturated rings. The number of fused-ring (bicyclic) bond motifs is 1. The molecule has 170 valence electrons. The van der Waals surface area contributed by atoms with Crippen molar-refractivity contribution in [3.63, 3.8) is 0 Å². The molecule has 0 aliphatic carbocycles. The first-order valence-electron chi connectivity index (χ1n) is 11.4. The molecule has 0 bridgehead atoms. The van der Waals surface area contributed by atoms with E-state index in [0.29, 0.717) is 19.1 Å². The molecule has 32 heavy (non-hydrogen) atoms. The van der Waals surface area contributed by atoms with Gasteiger partial charge in [-0.2, -0.15) is 0 Å². The fourth-order valence-electron chi connectivity index (χ4n) is 4.19. The quantitative estimate of drug-likeness (QED) is 0.617. The smallest absolute Gasteiger partial charge is 0.253 e. The number of likely N-dealkylation sites (tertiary alicyclic amines) is 1. The molecular weight excluding hydrogens is 402 g/mol. The van der Waals surface area contributed by atoms with Crippen LogP contribution in [-0.4, -0.2) is 50.4 Å². The van der Waals surface area contributed by atoms with Crippen molar-refractivity contribution in [3.8, 4) is 0 Å². The minimum absolute atomic E-state index is 0.0843. The van der Waals surface area contributed by atoms with Gasteiger partial charge in [0.05, 0.1) is 18.5 Å². The molecule has 7 heteroatoms. The van der Waals surface area contributed by atoms with E-state index in [1.807, 2.05) is 42.3 Å². The number of aromatic nitrogens is 3. The summed E-state index contributed by atoms with van der Waals surface area (Å²) in [6, 6.07) is 7.77. The van der Waals surface area contributed by atoms with E-state index in [4.69, 9.17) is 9.72 Å². The standard InChI is InChI=1S/C25H33N5O2/c1-5-32-17-18-6-8-20(9-7-18)24(31)29-13-10-19(11-14-29)22-23(28-25(2,3)4)30-15-12-26-16-21(30)27-22/h6-9,12,15-16,19,28H,5,10-11,13-14,17H2,1-4H3. The third-order valence-corrected chi connectivity index (χ3v) is 5.79. The number of carbonyl (C=O) groups excluding carboxylic acids is 1. The first-order chi connectivity index (χ1) is 15.4. The molecule has 1 aliphatic heterocycles. The summed E-state index contributed by atoms with van der Waals surface area (Å²) in [6.45, 7) is 11.2. The monoisotopic (exact) mass is 435 g/mol. The number of hydrogen-bond acceptors (Lipinski definition) is 5. The van der Waals surface area contributed by atoms with Gasteiger partial charge in [0.2, 0.25) is 0 Å². The number of ether oxygens (including phenoxy) is 1. The molecule has 3 aromatic rings. The molecule has 0 spiro atoms. The van der Waals surface area contributed by atoms with E-state index in [1.54, 1.807) is 12.4 Å². The van der Waals surface area contributed by atoms with E-state index in [-0.39, 0.29) is 11.4 Å². The molecule has 2 aromatic heterocycles. The maximum absolute atomic E-state index is 13.0. The minimum Gasteiger partial charge on any atom is -0.377 e. The summed E-state index contributed by atoms with van der Waals surface area (Å²) in [6.07, 6.45) is 7.32. The lowest BCUT2D eigenvalue weighted by Gasteiger charge is -2.32. The number of benzene rings is 1. The van der Waals surface area contributed by atoms with Gasteiger partial charge in [0, 0.05) is 49.1 Å². The van der Waals surface area contributed by atoms with Crippen molar-refractivity contribution in [2.24, 2.45) is 0 Å². The third kappa shape index (κ3) is 4.93. The first-order valence-corrected chi connectivity index (χ1v) is 11.4. The van der Waals surface area contributed by atoms with Gasteiger partial charge in [-0.05, 0) is 58.2 Å². The third-order valence-electron chi connectivity index (χ3n) is 5.79. The predicted octanol–water partition coefficient (Wildman–Crippen LogP) is 4.50. The average molecular weight is 436 g/mol. The van der Waals surface area contributed by atoms with Crippen LogP contribution in [0.15, 0.2) is 42.9 Å². The number of rotatable bonds is 6. The molecule has 1 saturated heterocycles. The van der Waals surface area contributed by atoms with Gasteiger partial charge >= 0.3 is 0 Å². The maximum Gasteiger partial charge on any atom is 0.253 e. The highest BCUT2D eigenvalue weighted by Crippen LogP contribution is 2.34. The van der Waals surface area contributed by atoms with Crippen LogP contribution >= 0.6 is 0 Å². The molecule has 1 aromatic carbocycles. The second kappa shape index (κ2) is 9.28. The highest BCUT2D eigenvalue weighted by molar-refractivity contribution is 5.94.